The lowest BCUT2D eigenvalue weighted by Crippen LogP contribution is -2.32. The van der Waals surface area contributed by atoms with Crippen LogP contribution in [0.15, 0.2) is 5.38 Å². The Morgan fingerprint density at radius 1 is 1.62 bits per heavy atom. The van der Waals surface area contributed by atoms with Crippen LogP contribution in [0.4, 0.5) is 0 Å². The third-order valence-corrected chi connectivity index (χ3v) is 3.03. The van der Waals surface area contributed by atoms with Gasteiger partial charge in [0.1, 0.15) is 0 Å². The summed E-state index contributed by atoms with van der Waals surface area (Å²) in [5.74, 6) is -0.670. The predicted molar refractivity (Wildman–Crippen MR) is 46.8 cm³/mol. The number of hydrogen-bond acceptors (Lipinski definition) is 6. The Kier molecular flexibility index (Phi) is 2.62. The van der Waals surface area contributed by atoms with E-state index in [4.69, 9.17) is 0 Å². The summed E-state index contributed by atoms with van der Waals surface area (Å²) in [5, 5.41) is 4.86. The zero-order chi connectivity index (χ0) is 10.1. The Balaban J connectivity index is 2.94. The fourth-order valence-corrected chi connectivity index (χ4v) is 1.39. The standard InChI is InChI=1S/C5H7N3O3S2/c1-8(13(2,10)11)5(9)4-3-12-7-6-4/h3H,1-2H3. The van der Waals surface area contributed by atoms with Gasteiger partial charge in [0, 0.05) is 12.4 Å². The highest BCUT2D eigenvalue weighted by Crippen LogP contribution is 2.04. The minimum absolute atomic E-state index is 0.0397. The fourth-order valence-electron chi connectivity index (χ4n) is 0.570. The molecule has 1 aromatic rings. The van der Waals surface area contributed by atoms with Crippen LogP contribution >= 0.6 is 11.5 Å². The number of carbonyl (C=O) groups is 1. The first-order valence-electron chi connectivity index (χ1n) is 3.18. The summed E-state index contributed by atoms with van der Waals surface area (Å²) in [4.78, 5) is 11.3. The minimum atomic E-state index is -3.51. The number of sulfonamides is 1. The van der Waals surface area contributed by atoms with E-state index in [2.05, 4.69) is 9.59 Å². The van der Waals surface area contributed by atoms with Crippen LogP contribution in [0.5, 0.6) is 0 Å². The van der Waals surface area contributed by atoms with Gasteiger partial charge in [-0.3, -0.25) is 4.79 Å². The Labute approximate surface area is 79.4 Å². The van der Waals surface area contributed by atoms with E-state index in [-0.39, 0.29) is 5.69 Å². The summed E-state index contributed by atoms with van der Waals surface area (Å²) in [5.41, 5.74) is 0.0397. The quantitative estimate of drug-likeness (QED) is 0.677. The first-order valence-corrected chi connectivity index (χ1v) is 5.86. The van der Waals surface area contributed by atoms with Crippen LogP contribution in [0.1, 0.15) is 10.5 Å². The molecule has 0 aliphatic rings. The van der Waals surface area contributed by atoms with Gasteiger partial charge < -0.3 is 0 Å². The van der Waals surface area contributed by atoms with E-state index in [1.165, 1.54) is 12.4 Å². The molecule has 0 radical (unpaired) electrons. The summed E-state index contributed by atoms with van der Waals surface area (Å²) < 4.78 is 25.9. The van der Waals surface area contributed by atoms with Gasteiger partial charge in [0.25, 0.3) is 5.91 Å². The van der Waals surface area contributed by atoms with Crippen molar-refractivity contribution in [2.45, 2.75) is 0 Å². The van der Waals surface area contributed by atoms with E-state index in [9.17, 15) is 13.2 Å². The number of hydrogen-bond donors (Lipinski definition) is 0. The topological polar surface area (TPSA) is 80.2 Å². The lowest BCUT2D eigenvalue weighted by Gasteiger charge is -2.11. The van der Waals surface area contributed by atoms with Crippen molar-refractivity contribution in [2.75, 3.05) is 13.3 Å². The van der Waals surface area contributed by atoms with Crippen LogP contribution < -0.4 is 0 Å². The van der Waals surface area contributed by atoms with Gasteiger partial charge in [0.2, 0.25) is 10.0 Å². The highest BCUT2D eigenvalue weighted by atomic mass is 32.2. The lowest BCUT2D eigenvalue weighted by molar-refractivity contribution is 0.0878. The SMILES string of the molecule is CN(C(=O)c1csnn1)S(C)(=O)=O. The van der Waals surface area contributed by atoms with E-state index < -0.39 is 15.9 Å². The van der Waals surface area contributed by atoms with E-state index >= 15 is 0 Å². The van der Waals surface area contributed by atoms with Gasteiger partial charge in [-0.05, 0) is 11.5 Å². The van der Waals surface area contributed by atoms with Crippen LogP contribution in [0.25, 0.3) is 0 Å². The molecule has 0 bridgehead atoms. The number of aromatic nitrogens is 2. The number of nitrogens with zero attached hydrogens (tertiary/aromatic N) is 3. The Morgan fingerprint density at radius 2 is 2.23 bits per heavy atom. The number of amides is 1. The van der Waals surface area contributed by atoms with E-state index in [1.54, 1.807) is 0 Å². The molecular formula is C5H7N3O3S2. The number of carbonyl (C=O) groups excluding carboxylic acids is 1. The van der Waals surface area contributed by atoms with Gasteiger partial charge in [-0.15, -0.1) is 5.10 Å². The molecule has 0 aliphatic heterocycles. The van der Waals surface area contributed by atoms with Crippen molar-refractivity contribution in [2.24, 2.45) is 0 Å². The van der Waals surface area contributed by atoms with Crippen molar-refractivity contribution in [3.8, 4) is 0 Å². The molecule has 0 aliphatic carbocycles. The maximum absolute atomic E-state index is 11.3. The van der Waals surface area contributed by atoms with Gasteiger partial charge in [-0.25, -0.2) is 12.7 Å². The third-order valence-electron chi connectivity index (χ3n) is 1.36. The minimum Gasteiger partial charge on any atom is -0.266 e. The average Bonchev–Trinajstić information content (AvgIpc) is 2.51. The summed E-state index contributed by atoms with van der Waals surface area (Å²) in [6.07, 6.45) is 0.949. The second kappa shape index (κ2) is 3.38. The summed E-state index contributed by atoms with van der Waals surface area (Å²) >= 11 is 0.993. The second-order valence-electron chi connectivity index (χ2n) is 2.33. The maximum atomic E-state index is 11.3. The fraction of sp³-hybridized carbons (Fsp3) is 0.400. The van der Waals surface area contributed by atoms with Crippen molar-refractivity contribution < 1.29 is 13.2 Å². The summed E-state index contributed by atoms with van der Waals surface area (Å²) in [7, 11) is -2.33. The first kappa shape index (κ1) is 10.1. The van der Waals surface area contributed by atoms with Crippen molar-refractivity contribution in [3.05, 3.63) is 11.1 Å². The van der Waals surface area contributed by atoms with E-state index in [1.807, 2.05) is 0 Å². The molecule has 0 saturated heterocycles. The molecule has 0 fully saturated rings. The molecule has 1 amide bonds. The molecule has 8 heteroatoms. The van der Waals surface area contributed by atoms with Crippen molar-refractivity contribution in [3.63, 3.8) is 0 Å². The van der Waals surface area contributed by atoms with Crippen molar-refractivity contribution >= 4 is 27.5 Å². The highest BCUT2D eigenvalue weighted by molar-refractivity contribution is 7.88. The Bertz CT molecular complexity index is 397. The first-order chi connectivity index (χ1) is 5.93. The zero-order valence-corrected chi connectivity index (χ0v) is 8.59. The molecule has 0 aromatic carbocycles. The third kappa shape index (κ3) is 2.22. The molecule has 0 spiro atoms. The molecule has 1 aromatic heterocycles. The highest BCUT2D eigenvalue weighted by Gasteiger charge is 2.21. The van der Waals surface area contributed by atoms with E-state index in [0.717, 1.165) is 17.8 Å². The normalized spacial score (nSPS) is 11.2. The number of rotatable bonds is 2. The smallest absolute Gasteiger partial charge is 0.266 e. The molecule has 0 N–H and O–H groups in total. The van der Waals surface area contributed by atoms with Gasteiger partial charge in [-0.1, -0.05) is 4.49 Å². The largest absolute Gasteiger partial charge is 0.288 e. The van der Waals surface area contributed by atoms with Crippen LogP contribution in [0.2, 0.25) is 0 Å². The van der Waals surface area contributed by atoms with Crippen LogP contribution in [-0.2, 0) is 10.0 Å². The molecule has 0 unspecified atom stereocenters. The van der Waals surface area contributed by atoms with Crippen LogP contribution in [0, 0.1) is 0 Å². The predicted octanol–water partition coefficient (Wildman–Crippen LogP) is -0.430. The molecule has 1 heterocycles. The molecule has 0 saturated carbocycles. The molecule has 1 rings (SSSR count). The Hall–Kier alpha value is -1.02. The molecule has 6 nitrogen and oxygen atoms in total. The second-order valence-corrected chi connectivity index (χ2v) is 4.95. The van der Waals surface area contributed by atoms with Gasteiger partial charge in [0.05, 0.1) is 6.26 Å². The molecule has 13 heavy (non-hydrogen) atoms. The van der Waals surface area contributed by atoms with Crippen molar-refractivity contribution in [1.82, 2.24) is 13.9 Å². The van der Waals surface area contributed by atoms with Crippen LogP contribution in [0.3, 0.4) is 0 Å². The molecule has 0 atom stereocenters. The lowest BCUT2D eigenvalue weighted by atomic mass is 10.5. The van der Waals surface area contributed by atoms with Crippen LogP contribution in [-0.4, -0.2) is 41.5 Å². The van der Waals surface area contributed by atoms with Gasteiger partial charge >= 0.3 is 0 Å². The van der Waals surface area contributed by atoms with Gasteiger partial charge in [-0.2, -0.15) is 0 Å². The maximum Gasteiger partial charge on any atom is 0.288 e. The van der Waals surface area contributed by atoms with Crippen molar-refractivity contribution in [1.29, 1.82) is 0 Å². The zero-order valence-electron chi connectivity index (χ0n) is 6.96. The monoisotopic (exact) mass is 221 g/mol. The van der Waals surface area contributed by atoms with Gasteiger partial charge in [0.15, 0.2) is 5.69 Å². The molecule has 72 valence electrons. The molecular weight excluding hydrogens is 214 g/mol. The Morgan fingerprint density at radius 3 is 2.62 bits per heavy atom. The summed E-state index contributed by atoms with van der Waals surface area (Å²) in [6.45, 7) is 0. The average molecular weight is 221 g/mol. The van der Waals surface area contributed by atoms with E-state index in [0.29, 0.717) is 4.31 Å². The summed E-state index contributed by atoms with van der Waals surface area (Å²) in [6, 6.07) is 0.